The molecular formula is C19H15BrClNO4S2. The van der Waals surface area contributed by atoms with Crippen molar-refractivity contribution in [1.82, 2.24) is 0 Å². The van der Waals surface area contributed by atoms with Gasteiger partial charge in [-0.3, -0.25) is 9.69 Å². The van der Waals surface area contributed by atoms with E-state index in [1.165, 1.54) is 23.8 Å². The first-order valence-corrected chi connectivity index (χ1v) is 10.3. The van der Waals surface area contributed by atoms with Gasteiger partial charge in [-0.15, -0.1) is 0 Å². The summed E-state index contributed by atoms with van der Waals surface area (Å²) in [6.45, 7) is 0. The van der Waals surface area contributed by atoms with E-state index in [1.54, 1.807) is 44.6 Å². The first kappa shape index (κ1) is 21.0. The van der Waals surface area contributed by atoms with Crippen molar-refractivity contribution in [3.63, 3.8) is 0 Å². The largest absolute Gasteiger partial charge is 0.495 e. The van der Waals surface area contributed by atoms with E-state index in [9.17, 15) is 4.79 Å². The predicted molar refractivity (Wildman–Crippen MR) is 121 cm³/mol. The van der Waals surface area contributed by atoms with Crippen molar-refractivity contribution in [3.05, 3.63) is 50.3 Å². The Labute approximate surface area is 185 Å². The molecule has 0 bridgehead atoms. The molecule has 0 aromatic heterocycles. The highest BCUT2D eigenvalue weighted by Crippen LogP contribution is 2.41. The molecule has 28 heavy (non-hydrogen) atoms. The lowest BCUT2D eigenvalue weighted by molar-refractivity contribution is -0.113. The number of hydrogen-bond donors (Lipinski definition) is 0. The fourth-order valence-corrected chi connectivity index (χ4v) is 4.83. The normalized spacial score (nSPS) is 15.3. The molecule has 3 rings (SSSR count). The number of hydrogen-bond acceptors (Lipinski definition) is 6. The van der Waals surface area contributed by atoms with Crippen molar-refractivity contribution in [2.45, 2.75) is 0 Å². The van der Waals surface area contributed by atoms with Crippen LogP contribution in [0.3, 0.4) is 0 Å². The minimum absolute atomic E-state index is 0.220. The lowest BCUT2D eigenvalue weighted by atomic mass is 10.1. The van der Waals surface area contributed by atoms with Crippen molar-refractivity contribution in [3.8, 4) is 17.2 Å². The third-order valence-corrected chi connectivity index (χ3v) is 6.13. The van der Waals surface area contributed by atoms with Crippen LogP contribution in [0.2, 0.25) is 5.02 Å². The summed E-state index contributed by atoms with van der Waals surface area (Å²) in [7, 11) is 4.65. The molecule has 1 heterocycles. The Bertz CT molecular complexity index is 996. The minimum Gasteiger partial charge on any atom is -0.495 e. The van der Waals surface area contributed by atoms with Crippen molar-refractivity contribution >= 4 is 73.5 Å². The van der Waals surface area contributed by atoms with E-state index < -0.39 is 0 Å². The van der Waals surface area contributed by atoms with Gasteiger partial charge in [0, 0.05) is 0 Å². The summed E-state index contributed by atoms with van der Waals surface area (Å²) in [5.74, 6) is 1.45. The Hall–Kier alpha value is -1.74. The molecule has 9 heteroatoms. The zero-order valence-electron chi connectivity index (χ0n) is 15.1. The van der Waals surface area contributed by atoms with Gasteiger partial charge in [0.25, 0.3) is 5.91 Å². The molecule has 2 aromatic carbocycles. The predicted octanol–water partition coefficient (Wildman–Crippen LogP) is 5.53. The number of methoxy groups -OCH3 is 3. The summed E-state index contributed by atoms with van der Waals surface area (Å²) in [6.07, 6.45) is 1.76. The first-order valence-electron chi connectivity index (χ1n) is 7.92. The lowest BCUT2D eigenvalue weighted by Gasteiger charge is -2.15. The number of nitrogens with zero attached hydrogens (tertiary/aromatic N) is 1. The number of thioether (sulfide) groups is 1. The van der Waals surface area contributed by atoms with Gasteiger partial charge < -0.3 is 14.2 Å². The Morgan fingerprint density at radius 2 is 1.82 bits per heavy atom. The number of benzene rings is 2. The van der Waals surface area contributed by atoms with Gasteiger partial charge in [-0.05, 0) is 57.9 Å². The summed E-state index contributed by atoms with van der Waals surface area (Å²) < 4.78 is 17.0. The molecule has 0 unspecified atom stereocenters. The Kier molecular flexibility index (Phi) is 6.54. The molecular weight excluding hydrogens is 486 g/mol. The van der Waals surface area contributed by atoms with Gasteiger partial charge in [0.1, 0.15) is 5.75 Å². The molecule has 1 amide bonds. The molecule has 2 aromatic rings. The van der Waals surface area contributed by atoms with Crippen LogP contribution in [0.15, 0.2) is 39.7 Å². The quantitative estimate of drug-likeness (QED) is 0.397. The monoisotopic (exact) mass is 499 g/mol. The molecule has 1 saturated heterocycles. The molecule has 0 aliphatic carbocycles. The molecule has 0 N–H and O–H groups in total. The van der Waals surface area contributed by atoms with Crippen molar-refractivity contribution < 1.29 is 19.0 Å². The molecule has 1 aliphatic rings. The molecule has 0 radical (unpaired) electrons. The number of halogens is 2. The molecule has 146 valence electrons. The van der Waals surface area contributed by atoms with Crippen LogP contribution in [0.1, 0.15) is 5.56 Å². The highest BCUT2D eigenvalue weighted by Gasteiger charge is 2.33. The van der Waals surface area contributed by atoms with Crippen molar-refractivity contribution in [2.75, 3.05) is 26.2 Å². The topological polar surface area (TPSA) is 48.0 Å². The summed E-state index contributed by atoms with van der Waals surface area (Å²) in [6, 6.07) is 8.73. The SMILES string of the molecule is COc1ccc(N2C(=O)/C(=C\c3cc(Br)c(OC)c(OC)c3)SC2=S)cc1Cl. The first-order chi connectivity index (χ1) is 13.4. The van der Waals surface area contributed by atoms with Crippen LogP contribution in [0, 0.1) is 0 Å². The average molecular weight is 501 g/mol. The van der Waals surface area contributed by atoms with Gasteiger partial charge in [-0.25, -0.2) is 0 Å². The summed E-state index contributed by atoms with van der Waals surface area (Å²) in [5.41, 5.74) is 1.36. The van der Waals surface area contributed by atoms with Gasteiger partial charge >= 0.3 is 0 Å². The van der Waals surface area contributed by atoms with Crippen LogP contribution in [-0.4, -0.2) is 31.6 Å². The van der Waals surface area contributed by atoms with Crippen molar-refractivity contribution in [1.29, 1.82) is 0 Å². The van der Waals surface area contributed by atoms with E-state index in [-0.39, 0.29) is 5.91 Å². The maximum Gasteiger partial charge on any atom is 0.270 e. The number of carbonyl (C=O) groups excluding carboxylic acids is 1. The highest BCUT2D eigenvalue weighted by atomic mass is 79.9. The van der Waals surface area contributed by atoms with E-state index in [0.717, 1.165) is 10.0 Å². The molecule has 1 aliphatic heterocycles. The van der Waals surface area contributed by atoms with E-state index in [1.807, 2.05) is 6.07 Å². The smallest absolute Gasteiger partial charge is 0.270 e. The minimum atomic E-state index is -0.220. The molecule has 1 fully saturated rings. The number of anilines is 1. The van der Waals surface area contributed by atoms with Crippen molar-refractivity contribution in [2.24, 2.45) is 0 Å². The van der Waals surface area contributed by atoms with Gasteiger partial charge in [0.15, 0.2) is 15.8 Å². The number of carbonyl (C=O) groups is 1. The number of rotatable bonds is 5. The second kappa shape index (κ2) is 8.73. The average Bonchev–Trinajstić information content (AvgIpc) is 2.94. The van der Waals surface area contributed by atoms with Crippen LogP contribution >= 0.6 is 51.5 Å². The van der Waals surface area contributed by atoms with Gasteiger partial charge in [-0.1, -0.05) is 35.6 Å². The molecule has 0 spiro atoms. The zero-order valence-corrected chi connectivity index (χ0v) is 19.1. The third kappa shape index (κ3) is 4.00. The fourth-order valence-electron chi connectivity index (χ4n) is 2.66. The second-order valence-corrected chi connectivity index (χ2v) is 8.51. The van der Waals surface area contributed by atoms with E-state index in [2.05, 4.69) is 15.9 Å². The van der Waals surface area contributed by atoms with Gasteiger partial charge in [0.05, 0.1) is 41.4 Å². The van der Waals surface area contributed by atoms with Crippen LogP contribution in [0.4, 0.5) is 5.69 Å². The zero-order chi connectivity index (χ0) is 20.4. The Balaban J connectivity index is 1.95. The molecule has 5 nitrogen and oxygen atoms in total. The van der Waals surface area contributed by atoms with Gasteiger partial charge in [0.2, 0.25) is 0 Å². The van der Waals surface area contributed by atoms with Crippen LogP contribution in [0.5, 0.6) is 17.2 Å². The molecule has 0 atom stereocenters. The van der Waals surface area contributed by atoms with E-state index in [4.69, 9.17) is 38.0 Å². The van der Waals surface area contributed by atoms with Crippen LogP contribution in [0.25, 0.3) is 6.08 Å². The lowest BCUT2D eigenvalue weighted by Crippen LogP contribution is -2.27. The highest BCUT2D eigenvalue weighted by molar-refractivity contribution is 9.10. The fraction of sp³-hybridized carbons (Fsp3) is 0.158. The van der Waals surface area contributed by atoms with E-state index in [0.29, 0.717) is 37.2 Å². The summed E-state index contributed by atoms with van der Waals surface area (Å²) in [4.78, 5) is 14.9. The van der Waals surface area contributed by atoms with Crippen LogP contribution in [-0.2, 0) is 4.79 Å². The summed E-state index contributed by atoms with van der Waals surface area (Å²) >= 11 is 16.3. The Morgan fingerprint density at radius 1 is 1.11 bits per heavy atom. The van der Waals surface area contributed by atoms with Crippen LogP contribution < -0.4 is 19.1 Å². The number of amides is 1. The number of ether oxygens (including phenoxy) is 3. The number of thiocarbonyl (C=S) groups is 1. The Morgan fingerprint density at radius 3 is 2.43 bits per heavy atom. The second-order valence-electron chi connectivity index (χ2n) is 5.57. The van der Waals surface area contributed by atoms with E-state index >= 15 is 0 Å². The third-order valence-electron chi connectivity index (χ3n) is 3.94. The maximum atomic E-state index is 13.0. The maximum absolute atomic E-state index is 13.0. The standard InChI is InChI=1S/C19H15BrClNO4S2/c1-24-14-5-4-11(9-13(14)21)22-18(23)16(28-19(22)27)8-10-6-12(20)17(26-3)15(7-10)25-2/h4-9H,1-3H3/b16-8+. The molecule has 0 saturated carbocycles. The van der Waals surface area contributed by atoms with Gasteiger partial charge in [-0.2, -0.15) is 0 Å². The summed E-state index contributed by atoms with van der Waals surface area (Å²) in [5, 5.41) is 0.404.